The molecule has 0 bridgehead atoms. The Hall–Kier alpha value is -2.22. The zero-order valence-electron chi connectivity index (χ0n) is 9.47. The summed E-state index contributed by atoms with van der Waals surface area (Å²) in [5.41, 5.74) is 1.91. The third kappa shape index (κ3) is 1.49. The number of aromatic nitrogens is 1. The van der Waals surface area contributed by atoms with E-state index in [0.29, 0.717) is 5.39 Å². The summed E-state index contributed by atoms with van der Waals surface area (Å²) in [6.45, 7) is 2.01. The molecule has 1 aromatic heterocycles. The lowest BCUT2D eigenvalue weighted by Gasteiger charge is -1.95. The minimum Gasteiger partial charge on any atom is -0.289 e. The molecule has 0 radical (unpaired) electrons. The fourth-order valence-electron chi connectivity index (χ4n) is 2.15. The maximum atomic E-state index is 12.4. The summed E-state index contributed by atoms with van der Waals surface area (Å²) in [6.07, 6.45) is 1.71. The Kier molecular flexibility index (Phi) is 2.15. The van der Waals surface area contributed by atoms with Crippen LogP contribution in [0.15, 0.2) is 53.5 Å². The number of hydrogen-bond acceptors (Lipinski definition) is 2. The van der Waals surface area contributed by atoms with E-state index in [2.05, 4.69) is 4.98 Å². The summed E-state index contributed by atoms with van der Waals surface area (Å²) < 4.78 is 0. The van der Waals surface area contributed by atoms with Gasteiger partial charge >= 0.3 is 0 Å². The minimum atomic E-state index is 0.0526. The van der Waals surface area contributed by atoms with Crippen LogP contribution in [0.5, 0.6) is 0 Å². The van der Waals surface area contributed by atoms with E-state index in [1.54, 1.807) is 12.3 Å². The van der Waals surface area contributed by atoms with Crippen LogP contribution in [0.3, 0.4) is 0 Å². The van der Waals surface area contributed by atoms with Gasteiger partial charge in [-0.05, 0) is 36.1 Å². The maximum Gasteiger partial charge on any atom is 0.195 e. The van der Waals surface area contributed by atoms with Crippen molar-refractivity contribution < 1.29 is 0 Å². The Labute approximate surface area is 98.6 Å². The molecule has 0 unspecified atom stereocenters. The van der Waals surface area contributed by atoms with E-state index >= 15 is 0 Å². The van der Waals surface area contributed by atoms with E-state index in [9.17, 15) is 4.79 Å². The topological polar surface area (TPSA) is 30.0 Å². The molecule has 0 saturated heterocycles. The smallest absolute Gasteiger partial charge is 0.195 e. The predicted octanol–water partition coefficient (Wildman–Crippen LogP) is 3.06. The molecule has 0 saturated carbocycles. The molecule has 0 aliphatic carbocycles. The van der Waals surface area contributed by atoms with Gasteiger partial charge in [-0.15, -0.1) is 0 Å². The van der Waals surface area contributed by atoms with Crippen molar-refractivity contribution in [3.8, 4) is 0 Å². The van der Waals surface area contributed by atoms with Gasteiger partial charge in [-0.3, -0.25) is 9.78 Å². The Morgan fingerprint density at radius 3 is 2.59 bits per heavy atom. The zero-order chi connectivity index (χ0) is 11.8. The van der Waals surface area contributed by atoms with Crippen LogP contribution in [0.1, 0.15) is 5.56 Å². The Morgan fingerprint density at radius 2 is 1.71 bits per heavy atom. The molecular weight excluding hydrogens is 210 g/mol. The highest BCUT2D eigenvalue weighted by atomic mass is 16.1. The SMILES string of the molecule is Cc1cccc2c(=O)c3cccnc3ccc12. The van der Waals surface area contributed by atoms with Crippen molar-refractivity contribution in [2.24, 2.45) is 0 Å². The summed E-state index contributed by atoms with van der Waals surface area (Å²) in [5, 5.41) is 2.43. The highest BCUT2D eigenvalue weighted by Gasteiger charge is 2.03. The first-order valence-corrected chi connectivity index (χ1v) is 5.55. The largest absolute Gasteiger partial charge is 0.289 e. The van der Waals surface area contributed by atoms with Gasteiger partial charge in [-0.1, -0.05) is 24.3 Å². The van der Waals surface area contributed by atoms with E-state index in [1.807, 2.05) is 43.3 Å². The molecule has 3 rings (SSSR count). The Balaban J connectivity index is 2.69. The average Bonchev–Trinajstić information content (AvgIpc) is 2.50. The first-order chi connectivity index (χ1) is 8.27. The van der Waals surface area contributed by atoms with E-state index in [-0.39, 0.29) is 5.43 Å². The van der Waals surface area contributed by atoms with Crippen molar-refractivity contribution in [1.29, 1.82) is 0 Å². The van der Waals surface area contributed by atoms with Crippen LogP contribution >= 0.6 is 0 Å². The van der Waals surface area contributed by atoms with Crippen LogP contribution in [0.4, 0.5) is 0 Å². The normalized spacial score (nSPS) is 10.9. The molecular formula is C15H11NO. The Bertz CT molecular complexity index is 778. The number of hydrogen-bond donors (Lipinski definition) is 0. The van der Waals surface area contributed by atoms with Crippen LogP contribution in [0, 0.1) is 6.92 Å². The van der Waals surface area contributed by atoms with Gasteiger partial charge in [-0.25, -0.2) is 0 Å². The van der Waals surface area contributed by atoms with Crippen molar-refractivity contribution in [2.75, 3.05) is 0 Å². The van der Waals surface area contributed by atoms with Crippen LogP contribution < -0.4 is 5.43 Å². The summed E-state index contributed by atoms with van der Waals surface area (Å²) in [7, 11) is 0. The fraction of sp³-hybridized carbons (Fsp3) is 0.0667. The van der Waals surface area contributed by atoms with Gasteiger partial charge in [0.1, 0.15) is 0 Å². The molecule has 2 nitrogen and oxygen atoms in total. The second kappa shape index (κ2) is 3.67. The predicted molar refractivity (Wildman–Crippen MR) is 70.3 cm³/mol. The third-order valence-electron chi connectivity index (χ3n) is 3.06. The molecule has 0 fully saturated rings. The molecule has 2 heteroatoms. The first kappa shape index (κ1) is 9.97. The van der Waals surface area contributed by atoms with Crippen molar-refractivity contribution in [1.82, 2.24) is 4.98 Å². The molecule has 1 heterocycles. The highest BCUT2D eigenvalue weighted by molar-refractivity contribution is 5.93. The highest BCUT2D eigenvalue weighted by Crippen LogP contribution is 2.16. The lowest BCUT2D eigenvalue weighted by atomic mass is 10.1. The Morgan fingerprint density at radius 1 is 0.882 bits per heavy atom. The quantitative estimate of drug-likeness (QED) is 0.584. The van der Waals surface area contributed by atoms with Crippen molar-refractivity contribution in [3.05, 3.63) is 64.4 Å². The third-order valence-corrected chi connectivity index (χ3v) is 3.06. The maximum absolute atomic E-state index is 12.4. The number of nitrogens with zero attached hydrogens (tertiary/aromatic N) is 1. The fourth-order valence-corrected chi connectivity index (χ4v) is 2.15. The standard InChI is InChI=1S/C15H11NO/c1-10-4-2-5-12-11(10)7-8-14-13(15(12)17)6-3-9-16-14/h2-9H,1H3. The second-order valence-electron chi connectivity index (χ2n) is 4.13. The van der Waals surface area contributed by atoms with Gasteiger partial charge < -0.3 is 0 Å². The lowest BCUT2D eigenvalue weighted by molar-refractivity contribution is 1.42. The van der Waals surface area contributed by atoms with Gasteiger partial charge in [0.15, 0.2) is 5.43 Å². The number of fused-ring (bicyclic) bond motifs is 2. The number of benzene rings is 1. The molecule has 0 amide bonds. The summed E-state index contributed by atoms with van der Waals surface area (Å²) in [4.78, 5) is 16.6. The van der Waals surface area contributed by atoms with Crippen molar-refractivity contribution >= 4 is 21.7 Å². The molecule has 0 atom stereocenters. The summed E-state index contributed by atoms with van der Waals surface area (Å²) in [5.74, 6) is 0. The van der Waals surface area contributed by atoms with Crippen molar-refractivity contribution in [3.63, 3.8) is 0 Å². The van der Waals surface area contributed by atoms with Crippen LogP contribution in [-0.2, 0) is 0 Å². The number of aryl methyl sites for hydroxylation is 1. The zero-order valence-corrected chi connectivity index (χ0v) is 9.47. The monoisotopic (exact) mass is 221 g/mol. The van der Waals surface area contributed by atoms with Gasteiger partial charge in [0.05, 0.1) is 5.52 Å². The first-order valence-electron chi connectivity index (χ1n) is 5.55. The van der Waals surface area contributed by atoms with Crippen molar-refractivity contribution in [2.45, 2.75) is 6.92 Å². The van der Waals surface area contributed by atoms with Gasteiger partial charge in [0.25, 0.3) is 0 Å². The van der Waals surface area contributed by atoms with Crippen LogP contribution in [-0.4, -0.2) is 4.98 Å². The summed E-state index contributed by atoms with van der Waals surface area (Å²) >= 11 is 0. The van der Waals surface area contributed by atoms with Crippen LogP contribution in [0.2, 0.25) is 0 Å². The number of pyridine rings is 1. The van der Waals surface area contributed by atoms with E-state index in [0.717, 1.165) is 21.9 Å². The molecule has 82 valence electrons. The van der Waals surface area contributed by atoms with Gasteiger partial charge in [0.2, 0.25) is 0 Å². The minimum absolute atomic E-state index is 0.0526. The van der Waals surface area contributed by atoms with E-state index in [4.69, 9.17) is 0 Å². The molecule has 2 aromatic carbocycles. The van der Waals surface area contributed by atoms with Gasteiger partial charge in [-0.2, -0.15) is 0 Å². The van der Waals surface area contributed by atoms with Crippen LogP contribution in [0.25, 0.3) is 21.7 Å². The van der Waals surface area contributed by atoms with E-state index in [1.165, 1.54) is 0 Å². The molecule has 17 heavy (non-hydrogen) atoms. The molecule has 0 N–H and O–H groups in total. The molecule has 0 aliphatic heterocycles. The van der Waals surface area contributed by atoms with Gasteiger partial charge in [0, 0.05) is 17.0 Å². The van der Waals surface area contributed by atoms with E-state index < -0.39 is 0 Å². The summed E-state index contributed by atoms with van der Waals surface area (Å²) in [6, 6.07) is 13.3. The molecule has 0 aliphatic rings. The lowest BCUT2D eigenvalue weighted by Crippen LogP contribution is -1.98. The molecule has 3 aromatic rings. The second-order valence-corrected chi connectivity index (χ2v) is 4.13. The molecule has 0 spiro atoms. The number of rotatable bonds is 0. The average molecular weight is 221 g/mol.